The van der Waals surface area contributed by atoms with Crippen molar-refractivity contribution in [2.45, 2.75) is 26.9 Å². The maximum atomic E-state index is 13.8. The third-order valence-corrected chi connectivity index (χ3v) is 3.29. The molecular weight excluding hydrogens is 271 g/mol. The maximum absolute atomic E-state index is 13.8. The molecule has 2 aromatic carbocycles. The average Bonchev–Trinajstić information content (AvgIpc) is 2.44. The second-order valence-corrected chi connectivity index (χ2v) is 5.28. The summed E-state index contributed by atoms with van der Waals surface area (Å²) in [6, 6.07) is 9.48. The topological polar surface area (TPSA) is 43.4 Å². The molecule has 110 valence electrons. The van der Waals surface area contributed by atoms with Gasteiger partial charge in [0.25, 0.3) is 0 Å². The molecular formula is C17H17FO3. The molecule has 2 rings (SSSR count). The molecule has 0 saturated carbocycles. The Labute approximate surface area is 122 Å². The van der Waals surface area contributed by atoms with Crippen LogP contribution >= 0.6 is 0 Å². The number of fused-ring (bicyclic) bond motifs is 1. The smallest absolute Gasteiger partial charge is 0.303 e. The van der Waals surface area contributed by atoms with Crippen LogP contribution < -0.4 is 0 Å². The molecule has 0 bridgehead atoms. The molecule has 0 aromatic heterocycles. The van der Waals surface area contributed by atoms with Crippen LogP contribution in [-0.4, -0.2) is 17.9 Å². The molecule has 0 spiro atoms. The highest BCUT2D eigenvalue weighted by atomic mass is 19.1. The Morgan fingerprint density at radius 3 is 2.24 bits per heavy atom. The van der Waals surface area contributed by atoms with Crippen molar-refractivity contribution in [3.05, 3.63) is 47.8 Å². The fourth-order valence-corrected chi connectivity index (χ4v) is 2.30. The van der Waals surface area contributed by atoms with Crippen LogP contribution in [0, 0.1) is 11.7 Å². The van der Waals surface area contributed by atoms with Gasteiger partial charge in [0.05, 0.1) is 0 Å². The van der Waals surface area contributed by atoms with Gasteiger partial charge in [0.2, 0.25) is 5.78 Å². The van der Waals surface area contributed by atoms with E-state index in [1.54, 1.807) is 38.1 Å². The monoisotopic (exact) mass is 288 g/mol. The summed E-state index contributed by atoms with van der Waals surface area (Å²) in [6.07, 6.45) is -0.864. The van der Waals surface area contributed by atoms with Crippen LogP contribution in [0.2, 0.25) is 0 Å². The first-order valence-electron chi connectivity index (χ1n) is 6.80. The lowest BCUT2D eigenvalue weighted by Crippen LogP contribution is -2.31. The van der Waals surface area contributed by atoms with Gasteiger partial charge in [-0.25, -0.2) is 4.39 Å². The lowest BCUT2D eigenvalue weighted by Gasteiger charge is -2.20. The van der Waals surface area contributed by atoms with E-state index in [4.69, 9.17) is 4.74 Å². The minimum Gasteiger partial charge on any atom is -0.454 e. The van der Waals surface area contributed by atoms with Gasteiger partial charge < -0.3 is 4.74 Å². The van der Waals surface area contributed by atoms with Gasteiger partial charge in [0.1, 0.15) is 5.82 Å². The molecule has 0 heterocycles. The summed E-state index contributed by atoms with van der Waals surface area (Å²) in [5.74, 6) is -1.36. The number of halogens is 1. The molecule has 2 aromatic rings. The molecule has 0 amide bonds. The number of ether oxygens (including phenoxy) is 1. The number of carbonyl (C=O) groups excluding carboxylic acids is 2. The van der Waals surface area contributed by atoms with E-state index in [1.165, 1.54) is 19.1 Å². The van der Waals surface area contributed by atoms with Crippen molar-refractivity contribution < 1.29 is 18.7 Å². The minimum atomic E-state index is -0.864. The Morgan fingerprint density at radius 1 is 1.05 bits per heavy atom. The number of carbonyl (C=O) groups is 2. The molecule has 3 nitrogen and oxygen atoms in total. The van der Waals surface area contributed by atoms with Gasteiger partial charge in [-0.05, 0) is 23.4 Å². The zero-order valence-electron chi connectivity index (χ0n) is 12.2. The molecule has 1 unspecified atom stereocenters. The molecule has 0 aliphatic heterocycles. The van der Waals surface area contributed by atoms with Gasteiger partial charge in [0, 0.05) is 17.9 Å². The molecule has 21 heavy (non-hydrogen) atoms. The van der Waals surface area contributed by atoms with Crippen molar-refractivity contribution in [2.75, 3.05) is 0 Å². The fourth-order valence-electron chi connectivity index (χ4n) is 2.30. The van der Waals surface area contributed by atoms with E-state index in [9.17, 15) is 14.0 Å². The number of hydrogen-bond donors (Lipinski definition) is 0. The lowest BCUT2D eigenvalue weighted by atomic mass is 9.93. The highest BCUT2D eigenvalue weighted by Gasteiger charge is 2.27. The van der Waals surface area contributed by atoms with Crippen molar-refractivity contribution in [1.29, 1.82) is 0 Å². The molecule has 0 aliphatic rings. The second kappa shape index (κ2) is 6.04. The van der Waals surface area contributed by atoms with E-state index in [-0.39, 0.29) is 17.5 Å². The van der Waals surface area contributed by atoms with Crippen molar-refractivity contribution in [3.8, 4) is 0 Å². The molecule has 0 fully saturated rings. The van der Waals surface area contributed by atoms with Crippen molar-refractivity contribution in [1.82, 2.24) is 0 Å². The van der Waals surface area contributed by atoms with Crippen molar-refractivity contribution >= 4 is 22.5 Å². The van der Waals surface area contributed by atoms with Gasteiger partial charge >= 0.3 is 5.97 Å². The number of ketones is 1. The minimum absolute atomic E-state index is 0.162. The fraction of sp³-hybridized carbons (Fsp3) is 0.294. The average molecular weight is 288 g/mol. The molecule has 4 heteroatoms. The van der Waals surface area contributed by atoms with E-state index >= 15 is 0 Å². The molecule has 1 atom stereocenters. The van der Waals surface area contributed by atoms with E-state index in [0.29, 0.717) is 16.3 Å². The zero-order valence-corrected chi connectivity index (χ0v) is 12.2. The maximum Gasteiger partial charge on any atom is 0.303 e. The standard InChI is InChI=1S/C17H17FO3/c1-10(2)17(21-11(3)19)16(20)14-8-9-15(18)13-7-5-4-6-12(13)14/h4-10,17H,1-3H3. The van der Waals surface area contributed by atoms with Gasteiger partial charge in [-0.15, -0.1) is 0 Å². The van der Waals surface area contributed by atoms with Crippen LogP contribution in [0.5, 0.6) is 0 Å². The molecule has 0 radical (unpaired) electrons. The predicted octanol–water partition coefficient (Wildman–Crippen LogP) is 3.75. The summed E-state index contributed by atoms with van der Waals surface area (Å²) in [5, 5.41) is 0.911. The third kappa shape index (κ3) is 3.10. The number of rotatable bonds is 4. The Kier molecular flexibility index (Phi) is 4.36. The first-order chi connectivity index (χ1) is 9.91. The van der Waals surface area contributed by atoms with E-state index in [2.05, 4.69) is 0 Å². The largest absolute Gasteiger partial charge is 0.454 e. The summed E-state index contributed by atoms with van der Waals surface area (Å²) in [7, 11) is 0. The van der Waals surface area contributed by atoms with Crippen LogP contribution in [0.3, 0.4) is 0 Å². The van der Waals surface area contributed by atoms with Crippen LogP contribution in [0.15, 0.2) is 36.4 Å². The van der Waals surface area contributed by atoms with Crippen LogP contribution in [0.4, 0.5) is 4.39 Å². The summed E-state index contributed by atoms with van der Waals surface area (Å²) < 4.78 is 18.9. The van der Waals surface area contributed by atoms with Crippen LogP contribution in [0.1, 0.15) is 31.1 Å². The van der Waals surface area contributed by atoms with Gasteiger partial charge in [0.15, 0.2) is 6.10 Å². The van der Waals surface area contributed by atoms with Crippen LogP contribution in [0.25, 0.3) is 10.8 Å². The Bertz CT molecular complexity index is 691. The van der Waals surface area contributed by atoms with Crippen molar-refractivity contribution in [3.63, 3.8) is 0 Å². The highest BCUT2D eigenvalue weighted by Crippen LogP contribution is 2.25. The number of hydrogen-bond acceptors (Lipinski definition) is 3. The third-order valence-electron chi connectivity index (χ3n) is 3.29. The summed E-state index contributed by atoms with van der Waals surface area (Å²) in [5.41, 5.74) is 0.368. The number of esters is 1. The Morgan fingerprint density at radius 2 is 1.67 bits per heavy atom. The SMILES string of the molecule is CC(=O)OC(C(=O)c1ccc(F)c2ccccc12)C(C)C. The Hall–Kier alpha value is -2.23. The predicted molar refractivity (Wildman–Crippen MR) is 78.6 cm³/mol. The molecule has 0 saturated heterocycles. The quantitative estimate of drug-likeness (QED) is 0.635. The summed E-state index contributed by atoms with van der Waals surface area (Å²) >= 11 is 0. The normalized spacial score (nSPS) is 12.4. The first kappa shape index (κ1) is 15.2. The first-order valence-corrected chi connectivity index (χ1v) is 6.80. The lowest BCUT2D eigenvalue weighted by molar-refractivity contribution is -0.146. The number of Topliss-reactive ketones (excluding diaryl/α,β-unsaturated/α-hetero) is 1. The zero-order chi connectivity index (χ0) is 15.6. The van der Waals surface area contributed by atoms with Gasteiger partial charge in [-0.3, -0.25) is 9.59 Å². The number of benzene rings is 2. The summed E-state index contributed by atoms with van der Waals surface area (Å²) in [4.78, 5) is 23.8. The van der Waals surface area contributed by atoms with E-state index in [0.717, 1.165) is 0 Å². The van der Waals surface area contributed by atoms with Gasteiger partial charge in [-0.2, -0.15) is 0 Å². The Balaban J connectivity index is 2.52. The van der Waals surface area contributed by atoms with E-state index in [1.807, 2.05) is 0 Å². The highest BCUT2D eigenvalue weighted by molar-refractivity contribution is 6.10. The van der Waals surface area contributed by atoms with E-state index < -0.39 is 12.1 Å². The molecule has 0 aliphatic carbocycles. The second-order valence-electron chi connectivity index (χ2n) is 5.28. The van der Waals surface area contributed by atoms with Gasteiger partial charge in [-0.1, -0.05) is 38.1 Å². The summed E-state index contributed by atoms with van der Waals surface area (Å²) in [6.45, 7) is 4.87. The molecule has 0 N–H and O–H groups in total. The van der Waals surface area contributed by atoms with Crippen molar-refractivity contribution in [2.24, 2.45) is 5.92 Å². The van der Waals surface area contributed by atoms with Crippen LogP contribution in [-0.2, 0) is 9.53 Å².